The molecule has 1 heterocycles. The number of benzene rings is 1. The molecule has 0 aliphatic rings. The van der Waals surface area contributed by atoms with Gasteiger partial charge in [-0.2, -0.15) is 0 Å². The van der Waals surface area contributed by atoms with Gasteiger partial charge in [0.25, 0.3) is 0 Å². The van der Waals surface area contributed by atoms with E-state index in [2.05, 4.69) is 32.3 Å². The Morgan fingerprint density at radius 1 is 1.24 bits per heavy atom. The average Bonchev–Trinajstić information content (AvgIpc) is 2.30. The monoisotopic (exact) mass is 292 g/mol. The lowest BCUT2D eigenvalue weighted by molar-refractivity contribution is 0.185. The lowest BCUT2D eigenvalue weighted by Gasteiger charge is -2.08. The molecule has 2 aromatic rings. The summed E-state index contributed by atoms with van der Waals surface area (Å²) in [6, 6.07) is 10.1. The zero-order valence-electron chi connectivity index (χ0n) is 9.48. The minimum absolute atomic E-state index is 0.617. The van der Waals surface area contributed by atoms with Gasteiger partial charge in [-0.3, -0.25) is 4.98 Å². The third-order valence-corrected chi connectivity index (χ3v) is 2.67. The van der Waals surface area contributed by atoms with E-state index in [0.29, 0.717) is 6.61 Å². The molecule has 0 saturated carbocycles. The van der Waals surface area contributed by atoms with E-state index < -0.39 is 0 Å². The van der Waals surface area contributed by atoms with E-state index in [9.17, 15) is 0 Å². The number of anilines is 2. The number of pyridine rings is 1. The first kappa shape index (κ1) is 12.1. The first-order valence-electron chi connectivity index (χ1n) is 5.23. The normalized spacial score (nSPS) is 10.2. The summed E-state index contributed by atoms with van der Waals surface area (Å²) < 4.78 is 6.06. The van der Waals surface area contributed by atoms with Crippen LogP contribution in [0.2, 0.25) is 0 Å². The largest absolute Gasteiger partial charge is 0.380 e. The Bertz CT molecular complexity index is 502. The van der Waals surface area contributed by atoms with Crippen LogP contribution in [0.5, 0.6) is 0 Å². The maximum atomic E-state index is 5.10. The van der Waals surface area contributed by atoms with Crippen LogP contribution in [0.15, 0.2) is 47.2 Å². The number of hydrogen-bond donors (Lipinski definition) is 1. The molecular weight excluding hydrogens is 280 g/mol. The van der Waals surface area contributed by atoms with Gasteiger partial charge >= 0.3 is 0 Å². The molecular formula is C13H13BrN2O. The molecule has 88 valence electrons. The molecule has 3 nitrogen and oxygen atoms in total. The quantitative estimate of drug-likeness (QED) is 0.932. The lowest BCUT2D eigenvalue weighted by Crippen LogP contribution is -1.93. The maximum Gasteiger partial charge on any atom is 0.0713 e. The van der Waals surface area contributed by atoms with E-state index in [1.165, 1.54) is 0 Å². The summed E-state index contributed by atoms with van der Waals surface area (Å²) >= 11 is 3.39. The highest BCUT2D eigenvalue weighted by atomic mass is 79.9. The van der Waals surface area contributed by atoms with Crippen molar-refractivity contribution in [2.24, 2.45) is 0 Å². The number of methoxy groups -OCH3 is 1. The Balaban J connectivity index is 2.15. The Morgan fingerprint density at radius 2 is 2.12 bits per heavy atom. The van der Waals surface area contributed by atoms with Crippen molar-refractivity contribution < 1.29 is 4.74 Å². The van der Waals surface area contributed by atoms with Crippen molar-refractivity contribution >= 4 is 27.3 Å². The number of ether oxygens (including phenoxy) is 1. The van der Waals surface area contributed by atoms with Crippen LogP contribution < -0.4 is 5.32 Å². The fraction of sp³-hybridized carbons (Fsp3) is 0.154. The third-order valence-electron chi connectivity index (χ3n) is 2.23. The standard InChI is InChI=1S/C13H13BrN2O/c1-17-9-10-3-2-4-12(5-10)16-13-6-11(14)7-15-8-13/h2-8,16H,9H2,1H3. The van der Waals surface area contributed by atoms with Crippen LogP contribution in [-0.2, 0) is 11.3 Å². The summed E-state index contributed by atoms with van der Waals surface area (Å²) in [5, 5.41) is 3.30. The highest BCUT2D eigenvalue weighted by Gasteiger charge is 1.98. The van der Waals surface area contributed by atoms with Crippen LogP contribution in [0.4, 0.5) is 11.4 Å². The summed E-state index contributed by atoms with van der Waals surface area (Å²) in [4.78, 5) is 4.11. The summed E-state index contributed by atoms with van der Waals surface area (Å²) in [6.45, 7) is 0.617. The van der Waals surface area contributed by atoms with Gasteiger partial charge in [0.15, 0.2) is 0 Å². The van der Waals surface area contributed by atoms with E-state index in [-0.39, 0.29) is 0 Å². The fourth-order valence-electron chi connectivity index (χ4n) is 1.55. The molecule has 0 radical (unpaired) electrons. The zero-order chi connectivity index (χ0) is 12.1. The first-order chi connectivity index (χ1) is 8.28. The van der Waals surface area contributed by atoms with E-state index in [4.69, 9.17) is 4.74 Å². The van der Waals surface area contributed by atoms with Crippen molar-refractivity contribution in [3.63, 3.8) is 0 Å². The molecule has 0 spiro atoms. The van der Waals surface area contributed by atoms with Crippen LogP contribution in [0, 0.1) is 0 Å². The molecule has 2 rings (SSSR count). The van der Waals surface area contributed by atoms with Gasteiger partial charge in [0.2, 0.25) is 0 Å². The summed E-state index contributed by atoms with van der Waals surface area (Å²) in [5.41, 5.74) is 3.12. The maximum absolute atomic E-state index is 5.10. The van der Waals surface area contributed by atoms with Gasteiger partial charge in [0.05, 0.1) is 18.5 Å². The van der Waals surface area contributed by atoms with Gasteiger partial charge in [-0.25, -0.2) is 0 Å². The Hall–Kier alpha value is -1.39. The van der Waals surface area contributed by atoms with Crippen molar-refractivity contribution in [2.75, 3.05) is 12.4 Å². The first-order valence-corrected chi connectivity index (χ1v) is 6.02. The highest BCUT2D eigenvalue weighted by molar-refractivity contribution is 9.10. The molecule has 4 heteroatoms. The SMILES string of the molecule is COCc1cccc(Nc2cncc(Br)c2)c1. The Labute approximate surface area is 109 Å². The lowest BCUT2D eigenvalue weighted by atomic mass is 10.2. The Kier molecular flexibility index (Phi) is 4.12. The molecule has 0 amide bonds. The van der Waals surface area contributed by atoms with Crippen molar-refractivity contribution in [2.45, 2.75) is 6.61 Å². The van der Waals surface area contributed by atoms with E-state index >= 15 is 0 Å². The molecule has 0 saturated heterocycles. The topological polar surface area (TPSA) is 34.1 Å². The molecule has 1 aromatic carbocycles. The van der Waals surface area contributed by atoms with Crippen LogP contribution in [-0.4, -0.2) is 12.1 Å². The second-order valence-corrected chi connectivity index (χ2v) is 4.57. The van der Waals surface area contributed by atoms with Gasteiger partial charge in [-0.1, -0.05) is 12.1 Å². The van der Waals surface area contributed by atoms with Gasteiger partial charge < -0.3 is 10.1 Å². The molecule has 0 unspecified atom stereocenters. The highest BCUT2D eigenvalue weighted by Crippen LogP contribution is 2.20. The van der Waals surface area contributed by atoms with Crippen molar-refractivity contribution in [3.05, 3.63) is 52.8 Å². The fourth-order valence-corrected chi connectivity index (χ4v) is 1.92. The van der Waals surface area contributed by atoms with Crippen LogP contribution in [0.3, 0.4) is 0 Å². The second-order valence-electron chi connectivity index (χ2n) is 3.65. The smallest absolute Gasteiger partial charge is 0.0713 e. The van der Waals surface area contributed by atoms with E-state index in [1.807, 2.05) is 24.3 Å². The molecule has 1 N–H and O–H groups in total. The summed E-state index contributed by atoms with van der Waals surface area (Å²) in [6.07, 6.45) is 3.54. The van der Waals surface area contributed by atoms with Crippen LogP contribution in [0.25, 0.3) is 0 Å². The molecule has 0 atom stereocenters. The number of hydrogen-bond acceptors (Lipinski definition) is 3. The van der Waals surface area contributed by atoms with Crippen LogP contribution in [0.1, 0.15) is 5.56 Å². The minimum atomic E-state index is 0.617. The molecule has 17 heavy (non-hydrogen) atoms. The van der Waals surface area contributed by atoms with Crippen molar-refractivity contribution in [3.8, 4) is 0 Å². The number of nitrogens with zero attached hydrogens (tertiary/aromatic N) is 1. The average molecular weight is 293 g/mol. The molecule has 0 aliphatic carbocycles. The summed E-state index contributed by atoms with van der Waals surface area (Å²) in [7, 11) is 1.69. The Morgan fingerprint density at radius 3 is 2.88 bits per heavy atom. The molecule has 0 fully saturated rings. The van der Waals surface area contributed by atoms with Gasteiger partial charge in [-0.15, -0.1) is 0 Å². The van der Waals surface area contributed by atoms with Crippen LogP contribution >= 0.6 is 15.9 Å². The second kappa shape index (κ2) is 5.80. The summed E-state index contributed by atoms with van der Waals surface area (Å²) in [5.74, 6) is 0. The van der Waals surface area contributed by atoms with Crippen molar-refractivity contribution in [1.82, 2.24) is 4.98 Å². The van der Waals surface area contributed by atoms with Crippen molar-refractivity contribution in [1.29, 1.82) is 0 Å². The van der Waals surface area contributed by atoms with E-state index in [0.717, 1.165) is 21.4 Å². The van der Waals surface area contributed by atoms with Gasteiger partial charge in [0, 0.05) is 23.5 Å². The zero-order valence-corrected chi connectivity index (χ0v) is 11.1. The molecule has 1 aromatic heterocycles. The third kappa shape index (κ3) is 3.54. The number of aromatic nitrogens is 1. The number of rotatable bonds is 4. The number of halogens is 1. The molecule has 0 aliphatic heterocycles. The van der Waals surface area contributed by atoms with Gasteiger partial charge in [0.1, 0.15) is 0 Å². The minimum Gasteiger partial charge on any atom is -0.380 e. The van der Waals surface area contributed by atoms with E-state index in [1.54, 1.807) is 19.5 Å². The predicted molar refractivity (Wildman–Crippen MR) is 72.4 cm³/mol. The van der Waals surface area contributed by atoms with Gasteiger partial charge in [-0.05, 0) is 39.7 Å². The molecule has 0 bridgehead atoms. The number of nitrogens with one attached hydrogen (secondary N) is 1. The predicted octanol–water partition coefficient (Wildman–Crippen LogP) is 3.73.